The maximum absolute atomic E-state index is 6.42. The van der Waals surface area contributed by atoms with Gasteiger partial charge in [-0.05, 0) is 73.3 Å². The van der Waals surface area contributed by atoms with Gasteiger partial charge in [0.1, 0.15) is 11.2 Å². The molecule has 0 aliphatic heterocycles. The minimum Gasteiger partial charge on any atom is -0.455 e. The normalized spacial score (nSPS) is 14.9. The summed E-state index contributed by atoms with van der Waals surface area (Å²) in [7, 11) is 0. The second-order valence-corrected chi connectivity index (χ2v) is 13.2. The van der Waals surface area contributed by atoms with Crippen LogP contribution in [0.3, 0.4) is 0 Å². The van der Waals surface area contributed by atoms with Gasteiger partial charge in [-0.15, -0.1) is 0 Å². The van der Waals surface area contributed by atoms with Crippen molar-refractivity contribution in [3.05, 3.63) is 216 Å². The molecular weight excluding hydrogens is 605 g/mol. The van der Waals surface area contributed by atoms with E-state index in [0.717, 1.165) is 33.1 Å². The lowest BCUT2D eigenvalue weighted by molar-refractivity contribution is 0.670. The van der Waals surface area contributed by atoms with Crippen molar-refractivity contribution < 1.29 is 4.42 Å². The molecule has 0 bridgehead atoms. The van der Waals surface area contributed by atoms with Crippen molar-refractivity contribution in [2.24, 2.45) is 0 Å². The molecule has 1 nitrogen and oxygen atoms in total. The highest BCUT2D eigenvalue weighted by molar-refractivity contribution is 6.09. The molecule has 1 aliphatic carbocycles. The van der Waals surface area contributed by atoms with E-state index in [1.54, 1.807) is 0 Å². The quantitative estimate of drug-likeness (QED) is 0.183. The number of hydrogen-bond acceptors (Lipinski definition) is 1. The van der Waals surface area contributed by atoms with Gasteiger partial charge in [-0.1, -0.05) is 182 Å². The predicted molar refractivity (Wildman–Crippen MR) is 207 cm³/mol. The Morgan fingerprint density at radius 3 is 1.74 bits per heavy atom. The highest BCUT2D eigenvalue weighted by Gasteiger charge is 2.47. The zero-order chi connectivity index (χ0) is 33.1. The van der Waals surface area contributed by atoms with E-state index in [9.17, 15) is 0 Å². The van der Waals surface area contributed by atoms with Crippen LogP contribution in [0.2, 0.25) is 0 Å². The van der Waals surface area contributed by atoms with E-state index in [2.05, 4.69) is 182 Å². The van der Waals surface area contributed by atoms with E-state index in [0.29, 0.717) is 0 Å². The van der Waals surface area contributed by atoms with Crippen LogP contribution in [-0.4, -0.2) is 0 Å². The van der Waals surface area contributed by atoms with E-state index in [1.165, 1.54) is 55.6 Å². The minimum absolute atomic E-state index is 0.521. The van der Waals surface area contributed by atoms with Crippen LogP contribution in [0.4, 0.5) is 0 Å². The van der Waals surface area contributed by atoms with Gasteiger partial charge < -0.3 is 4.42 Å². The molecule has 8 aromatic carbocycles. The fraction of sp³-hybridized carbons (Fsp3) is 0.0204. The Labute approximate surface area is 291 Å². The standard InChI is InChI=1S/C49H32O/c1-3-14-33(15-4-1)36-16-11-19-38(32-36)49(37-17-5-2-6-18-37)45-26-9-7-20-41(45)43-24-12-22-39(47(43)49)34-28-30-35(31-29-34)40-23-13-25-44-42-21-8-10-27-46(42)50-48(40)44/h1-32H. The molecule has 0 amide bonds. The number of hydrogen-bond donors (Lipinski definition) is 0. The predicted octanol–water partition coefficient (Wildman–Crippen LogP) is 13.0. The van der Waals surface area contributed by atoms with Crippen molar-refractivity contribution >= 4 is 21.9 Å². The van der Waals surface area contributed by atoms with Crippen LogP contribution >= 0.6 is 0 Å². The van der Waals surface area contributed by atoms with Gasteiger partial charge in [-0.25, -0.2) is 0 Å². The van der Waals surface area contributed by atoms with Crippen molar-refractivity contribution in [3.8, 4) is 44.5 Å². The van der Waals surface area contributed by atoms with E-state index < -0.39 is 5.41 Å². The SMILES string of the molecule is c1ccc(-c2cccc(C3(c4ccccc4)c4ccccc4-c4cccc(-c5ccc(-c6cccc7c6oc6ccccc67)cc5)c43)c2)cc1. The number of furan rings is 1. The fourth-order valence-corrected chi connectivity index (χ4v) is 8.42. The van der Waals surface area contributed by atoms with Crippen molar-refractivity contribution in [1.82, 2.24) is 0 Å². The first-order valence-electron chi connectivity index (χ1n) is 17.3. The molecule has 1 heterocycles. The van der Waals surface area contributed by atoms with Gasteiger partial charge in [0.25, 0.3) is 0 Å². The largest absolute Gasteiger partial charge is 0.455 e. The molecular formula is C49H32O. The first-order valence-corrected chi connectivity index (χ1v) is 17.3. The number of benzene rings is 8. The molecule has 0 N–H and O–H groups in total. The molecule has 0 saturated carbocycles. The van der Waals surface area contributed by atoms with Gasteiger partial charge >= 0.3 is 0 Å². The van der Waals surface area contributed by atoms with Gasteiger partial charge in [0.2, 0.25) is 0 Å². The maximum atomic E-state index is 6.42. The van der Waals surface area contributed by atoms with E-state index in [4.69, 9.17) is 4.42 Å². The Morgan fingerprint density at radius 2 is 0.900 bits per heavy atom. The Balaban J connectivity index is 1.20. The Kier molecular flexibility index (Phi) is 6.47. The van der Waals surface area contributed by atoms with Crippen molar-refractivity contribution in [1.29, 1.82) is 0 Å². The lowest BCUT2D eigenvalue weighted by Crippen LogP contribution is -2.29. The maximum Gasteiger partial charge on any atom is 0.143 e. The molecule has 9 aromatic rings. The molecule has 0 fully saturated rings. The zero-order valence-electron chi connectivity index (χ0n) is 27.4. The fourth-order valence-electron chi connectivity index (χ4n) is 8.42. The molecule has 10 rings (SSSR count). The first kappa shape index (κ1) is 28.6. The third-order valence-electron chi connectivity index (χ3n) is 10.6. The summed E-state index contributed by atoms with van der Waals surface area (Å²) in [5, 5.41) is 2.29. The van der Waals surface area contributed by atoms with E-state index in [1.807, 2.05) is 12.1 Å². The molecule has 1 aliphatic rings. The zero-order valence-corrected chi connectivity index (χ0v) is 27.4. The summed E-state index contributed by atoms with van der Waals surface area (Å²) in [4.78, 5) is 0. The number of rotatable bonds is 5. The van der Waals surface area contributed by atoms with Crippen molar-refractivity contribution in [3.63, 3.8) is 0 Å². The summed E-state index contributed by atoms with van der Waals surface area (Å²) in [5.41, 5.74) is 16.1. The molecule has 1 atom stereocenters. The molecule has 1 unspecified atom stereocenters. The van der Waals surface area contributed by atoms with Crippen LogP contribution in [-0.2, 0) is 5.41 Å². The summed E-state index contributed by atoms with van der Waals surface area (Å²) in [6.45, 7) is 0. The van der Waals surface area contributed by atoms with Crippen molar-refractivity contribution in [2.75, 3.05) is 0 Å². The van der Waals surface area contributed by atoms with Gasteiger partial charge in [0, 0.05) is 16.3 Å². The molecule has 1 heteroatoms. The third kappa shape index (κ3) is 4.20. The lowest BCUT2D eigenvalue weighted by atomic mass is 9.66. The van der Waals surface area contributed by atoms with Crippen LogP contribution in [0.5, 0.6) is 0 Å². The highest BCUT2D eigenvalue weighted by Crippen LogP contribution is 2.59. The summed E-state index contributed by atoms with van der Waals surface area (Å²) in [6.07, 6.45) is 0. The van der Waals surface area contributed by atoms with Gasteiger partial charge in [0.15, 0.2) is 0 Å². The summed E-state index contributed by atoms with van der Waals surface area (Å²) in [5.74, 6) is 0. The van der Waals surface area contributed by atoms with Crippen LogP contribution in [0.1, 0.15) is 22.3 Å². The minimum atomic E-state index is -0.521. The van der Waals surface area contributed by atoms with E-state index >= 15 is 0 Å². The van der Waals surface area contributed by atoms with Crippen LogP contribution in [0.25, 0.3) is 66.4 Å². The average molecular weight is 637 g/mol. The highest BCUT2D eigenvalue weighted by atomic mass is 16.3. The Bertz CT molecular complexity index is 2680. The van der Waals surface area contributed by atoms with Gasteiger partial charge in [-0.2, -0.15) is 0 Å². The summed E-state index contributed by atoms with van der Waals surface area (Å²) in [6, 6.07) is 70.6. The smallest absolute Gasteiger partial charge is 0.143 e. The van der Waals surface area contributed by atoms with Crippen LogP contribution < -0.4 is 0 Å². The Morgan fingerprint density at radius 1 is 0.340 bits per heavy atom. The number of fused-ring (bicyclic) bond motifs is 6. The monoisotopic (exact) mass is 636 g/mol. The Hall–Kier alpha value is -6.44. The second-order valence-electron chi connectivity index (χ2n) is 13.2. The first-order chi connectivity index (χ1) is 24.8. The van der Waals surface area contributed by atoms with Crippen molar-refractivity contribution in [2.45, 2.75) is 5.41 Å². The molecule has 0 radical (unpaired) electrons. The third-order valence-corrected chi connectivity index (χ3v) is 10.6. The molecule has 0 saturated heterocycles. The van der Waals surface area contributed by atoms with Gasteiger partial charge in [0.05, 0.1) is 5.41 Å². The molecule has 234 valence electrons. The van der Waals surface area contributed by atoms with Crippen LogP contribution in [0, 0.1) is 0 Å². The molecule has 0 spiro atoms. The lowest BCUT2D eigenvalue weighted by Gasteiger charge is -2.35. The topological polar surface area (TPSA) is 13.1 Å². The summed E-state index contributed by atoms with van der Waals surface area (Å²) >= 11 is 0. The van der Waals surface area contributed by atoms with E-state index in [-0.39, 0.29) is 0 Å². The molecule has 1 aromatic heterocycles. The number of para-hydroxylation sites is 2. The summed E-state index contributed by atoms with van der Waals surface area (Å²) < 4.78 is 6.42. The van der Waals surface area contributed by atoms with Gasteiger partial charge in [-0.3, -0.25) is 0 Å². The second kappa shape index (κ2) is 11.3. The molecule has 50 heavy (non-hydrogen) atoms. The van der Waals surface area contributed by atoms with Crippen LogP contribution in [0.15, 0.2) is 199 Å². The average Bonchev–Trinajstić information content (AvgIpc) is 3.73.